The third-order valence-electron chi connectivity index (χ3n) is 2.78. The van der Waals surface area contributed by atoms with Crippen molar-refractivity contribution in [2.24, 2.45) is 5.92 Å². The Kier molecular flexibility index (Phi) is 3.13. The molecule has 1 aromatic carbocycles. The van der Waals surface area contributed by atoms with Gasteiger partial charge < -0.3 is 15.1 Å². The Morgan fingerprint density at radius 1 is 1.50 bits per heavy atom. The molecule has 1 fully saturated rings. The normalized spacial score (nSPS) is 19.3. The maximum Gasteiger partial charge on any atom is 0.308 e. The van der Waals surface area contributed by atoms with E-state index in [-0.39, 0.29) is 29.4 Å². The number of benzene rings is 1. The number of hydrogen-bond donors (Lipinski definition) is 2. The SMILES string of the molecule is O=C(O)C1CC(=O)N(c2cc(O)c(Cl)cc2F)C1. The van der Waals surface area contributed by atoms with E-state index in [1.165, 1.54) is 0 Å². The number of carboxylic acid groups (broad SMARTS) is 1. The van der Waals surface area contributed by atoms with Gasteiger partial charge in [0.25, 0.3) is 0 Å². The van der Waals surface area contributed by atoms with E-state index >= 15 is 0 Å². The minimum Gasteiger partial charge on any atom is -0.506 e. The van der Waals surface area contributed by atoms with E-state index in [1.807, 2.05) is 0 Å². The van der Waals surface area contributed by atoms with Crippen LogP contribution in [-0.4, -0.2) is 28.6 Å². The number of carboxylic acids is 1. The Hall–Kier alpha value is -1.82. The summed E-state index contributed by atoms with van der Waals surface area (Å²) >= 11 is 5.52. The van der Waals surface area contributed by atoms with Crippen LogP contribution in [0.1, 0.15) is 6.42 Å². The lowest BCUT2D eigenvalue weighted by Gasteiger charge is -2.17. The molecule has 7 heteroatoms. The summed E-state index contributed by atoms with van der Waals surface area (Å²) in [5, 5.41) is 18.0. The summed E-state index contributed by atoms with van der Waals surface area (Å²) in [5.41, 5.74) is -0.161. The van der Waals surface area contributed by atoms with Gasteiger partial charge in [-0.05, 0) is 6.07 Å². The Bertz CT molecular complexity index is 534. The van der Waals surface area contributed by atoms with Crippen LogP contribution in [0, 0.1) is 11.7 Å². The van der Waals surface area contributed by atoms with Gasteiger partial charge in [-0.2, -0.15) is 0 Å². The number of rotatable bonds is 2. The fraction of sp³-hybridized carbons (Fsp3) is 0.273. The van der Waals surface area contributed by atoms with E-state index in [1.54, 1.807) is 0 Å². The average Bonchev–Trinajstić information content (AvgIpc) is 2.66. The largest absolute Gasteiger partial charge is 0.506 e. The molecule has 0 aliphatic carbocycles. The van der Waals surface area contributed by atoms with Crippen LogP contribution in [0.4, 0.5) is 10.1 Å². The molecule has 0 bridgehead atoms. The topological polar surface area (TPSA) is 77.8 Å². The van der Waals surface area contributed by atoms with E-state index in [0.717, 1.165) is 17.0 Å². The quantitative estimate of drug-likeness (QED) is 0.858. The zero-order valence-electron chi connectivity index (χ0n) is 9.06. The number of aliphatic carboxylic acids is 1. The van der Waals surface area contributed by atoms with Gasteiger partial charge in [0.2, 0.25) is 5.91 Å². The minimum absolute atomic E-state index is 0.119. The van der Waals surface area contributed by atoms with Crippen LogP contribution in [0.15, 0.2) is 12.1 Å². The standard InChI is InChI=1S/C11H9ClFNO4/c12-6-2-7(13)8(3-9(6)15)14-4-5(11(17)18)1-10(14)16/h2-3,5,15H,1,4H2,(H,17,18). The summed E-state index contributed by atoms with van der Waals surface area (Å²) < 4.78 is 13.6. The van der Waals surface area contributed by atoms with Gasteiger partial charge in [0.05, 0.1) is 16.6 Å². The first-order chi connectivity index (χ1) is 8.40. The van der Waals surface area contributed by atoms with Gasteiger partial charge in [-0.1, -0.05) is 11.6 Å². The summed E-state index contributed by atoms with van der Waals surface area (Å²) in [5.74, 6) is -3.61. The van der Waals surface area contributed by atoms with Crippen LogP contribution >= 0.6 is 11.6 Å². The minimum atomic E-state index is -1.11. The lowest BCUT2D eigenvalue weighted by Crippen LogP contribution is -2.26. The first-order valence-electron chi connectivity index (χ1n) is 5.11. The Morgan fingerprint density at radius 2 is 2.17 bits per heavy atom. The van der Waals surface area contributed by atoms with E-state index in [9.17, 15) is 19.1 Å². The van der Waals surface area contributed by atoms with Gasteiger partial charge >= 0.3 is 5.97 Å². The second kappa shape index (κ2) is 4.45. The molecule has 1 atom stereocenters. The van der Waals surface area contributed by atoms with Crippen molar-refractivity contribution in [1.29, 1.82) is 0 Å². The van der Waals surface area contributed by atoms with Crippen molar-refractivity contribution in [3.8, 4) is 5.75 Å². The fourth-order valence-electron chi connectivity index (χ4n) is 1.84. The second-order valence-corrected chi connectivity index (χ2v) is 4.41. The Morgan fingerprint density at radius 3 is 2.72 bits per heavy atom. The number of anilines is 1. The maximum absolute atomic E-state index is 13.6. The number of phenols is 1. The van der Waals surface area contributed by atoms with E-state index in [2.05, 4.69) is 0 Å². The summed E-state index contributed by atoms with van der Waals surface area (Å²) in [6.07, 6.45) is -0.182. The van der Waals surface area contributed by atoms with Crippen LogP contribution < -0.4 is 4.90 Å². The summed E-state index contributed by atoms with van der Waals surface area (Å²) in [4.78, 5) is 23.4. The molecule has 2 rings (SSSR count). The van der Waals surface area contributed by atoms with Gasteiger partial charge in [-0.15, -0.1) is 0 Å². The van der Waals surface area contributed by atoms with Crippen molar-refractivity contribution in [2.75, 3.05) is 11.4 Å². The van der Waals surface area contributed by atoms with E-state index in [4.69, 9.17) is 16.7 Å². The number of amides is 1. The van der Waals surface area contributed by atoms with Gasteiger partial charge in [-0.3, -0.25) is 9.59 Å². The van der Waals surface area contributed by atoms with Gasteiger partial charge in [0.1, 0.15) is 11.6 Å². The number of phenolic OH excluding ortho intramolecular Hbond substituents is 1. The van der Waals surface area contributed by atoms with Crippen molar-refractivity contribution >= 4 is 29.2 Å². The average molecular weight is 274 g/mol. The molecule has 0 spiro atoms. The zero-order valence-corrected chi connectivity index (χ0v) is 9.82. The molecule has 0 saturated carbocycles. The second-order valence-electron chi connectivity index (χ2n) is 4.00. The molecule has 18 heavy (non-hydrogen) atoms. The lowest BCUT2D eigenvalue weighted by molar-refractivity contribution is -0.141. The number of carbonyl (C=O) groups excluding carboxylic acids is 1. The molecule has 1 saturated heterocycles. The summed E-state index contributed by atoms with van der Waals surface area (Å²) in [6.45, 7) is -0.119. The molecule has 1 aliphatic rings. The number of halogens is 2. The summed E-state index contributed by atoms with van der Waals surface area (Å²) in [6, 6.07) is 1.90. The van der Waals surface area contributed by atoms with Crippen molar-refractivity contribution in [3.05, 3.63) is 23.0 Å². The molecular weight excluding hydrogens is 265 g/mol. The molecule has 0 radical (unpaired) electrons. The molecule has 1 aliphatic heterocycles. The van der Waals surface area contributed by atoms with Crippen LogP contribution in [0.5, 0.6) is 5.75 Å². The predicted octanol–water partition coefficient (Wildman–Crippen LogP) is 1.62. The maximum atomic E-state index is 13.6. The van der Waals surface area contributed by atoms with Crippen LogP contribution in [-0.2, 0) is 9.59 Å². The van der Waals surface area contributed by atoms with Crippen LogP contribution in [0.25, 0.3) is 0 Å². The molecular formula is C11H9ClFNO4. The first-order valence-corrected chi connectivity index (χ1v) is 5.49. The number of carbonyl (C=O) groups is 2. The van der Waals surface area contributed by atoms with Crippen LogP contribution in [0.3, 0.4) is 0 Å². The highest BCUT2D eigenvalue weighted by Crippen LogP contribution is 2.34. The van der Waals surface area contributed by atoms with Gasteiger partial charge in [-0.25, -0.2) is 4.39 Å². The summed E-state index contributed by atoms with van der Waals surface area (Å²) in [7, 11) is 0. The number of hydrogen-bond acceptors (Lipinski definition) is 3. The van der Waals surface area contributed by atoms with Crippen molar-refractivity contribution in [1.82, 2.24) is 0 Å². The van der Waals surface area contributed by atoms with E-state index < -0.39 is 23.6 Å². The number of nitrogens with zero attached hydrogens (tertiary/aromatic N) is 1. The van der Waals surface area contributed by atoms with Crippen molar-refractivity contribution in [3.63, 3.8) is 0 Å². The molecule has 1 amide bonds. The Balaban J connectivity index is 2.35. The predicted molar refractivity (Wildman–Crippen MR) is 61.2 cm³/mol. The molecule has 5 nitrogen and oxygen atoms in total. The fourth-order valence-corrected chi connectivity index (χ4v) is 1.99. The van der Waals surface area contributed by atoms with E-state index in [0.29, 0.717) is 0 Å². The van der Waals surface area contributed by atoms with Crippen LogP contribution in [0.2, 0.25) is 5.02 Å². The third kappa shape index (κ3) is 2.11. The monoisotopic (exact) mass is 273 g/mol. The highest BCUT2D eigenvalue weighted by Gasteiger charge is 2.36. The first kappa shape index (κ1) is 12.6. The molecule has 1 heterocycles. The molecule has 2 N–H and O–H groups in total. The smallest absolute Gasteiger partial charge is 0.308 e. The number of aromatic hydroxyl groups is 1. The van der Waals surface area contributed by atoms with Crippen molar-refractivity contribution in [2.45, 2.75) is 6.42 Å². The highest BCUT2D eigenvalue weighted by atomic mass is 35.5. The van der Waals surface area contributed by atoms with Gasteiger partial charge in [0, 0.05) is 19.0 Å². The molecule has 0 aromatic heterocycles. The molecule has 1 aromatic rings. The van der Waals surface area contributed by atoms with Gasteiger partial charge in [0.15, 0.2) is 0 Å². The Labute approximate surface area is 106 Å². The molecule has 1 unspecified atom stereocenters. The lowest BCUT2D eigenvalue weighted by atomic mass is 10.1. The highest BCUT2D eigenvalue weighted by molar-refractivity contribution is 6.32. The van der Waals surface area contributed by atoms with Crippen molar-refractivity contribution < 1.29 is 24.2 Å². The zero-order chi connectivity index (χ0) is 13.4. The third-order valence-corrected chi connectivity index (χ3v) is 3.08. The molecule has 96 valence electrons.